The van der Waals surface area contributed by atoms with Crippen molar-refractivity contribution >= 4 is 0 Å². The lowest BCUT2D eigenvalue weighted by molar-refractivity contribution is -0.242. The molecular formula is C34H36F6O3. The molecule has 0 unspecified atom stereocenters. The van der Waals surface area contributed by atoms with Gasteiger partial charge in [0.25, 0.3) is 0 Å². The van der Waals surface area contributed by atoms with Crippen molar-refractivity contribution in [3.05, 3.63) is 89.0 Å². The molecule has 0 amide bonds. The van der Waals surface area contributed by atoms with Gasteiger partial charge in [0.2, 0.25) is 0 Å². The molecule has 3 nitrogen and oxygen atoms in total. The maximum absolute atomic E-state index is 15.2. The summed E-state index contributed by atoms with van der Waals surface area (Å²) in [5.74, 6) is -7.67. The van der Waals surface area contributed by atoms with Crippen molar-refractivity contribution in [3.8, 4) is 16.9 Å². The van der Waals surface area contributed by atoms with Crippen LogP contribution in [0.5, 0.6) is 5.75 Å². The lowest BCUT2D eigenvalue weighted by atomic mass is 9.80. The molecule has 232 valence electrons. The van der Waals surface area contributed by atoms with Crippen LogP contribution < -0.4 is 4.74 Å². The van der Waals surface area contributed by atoms with Crippen LogP contribution in [-0.4, -0.2) is 25.6 Å². The van der Waals surface area contributed by atoms with E-state index in [0.29, 0.717) is 30.5 Å². The molecule has 1 aliphatic heterocycles. The standard InChI is InChI=1S/C34H36F6O3/c1-2-3-4-5-21-6-8-22(9-7-21)24-12-15-28(29(35)16-24)25-19-41-33(42-20-25)23-10-13-26(14-11-23)34(39,40)43-27-17-30(36)32(38)31(37)18-27/h6-9,12,15-18,23,25-26,33H,2-5,10-11,13-14,19-20H2,1H3. The average molecular weight is 607 g/mol. The van der Waals surface area contributed by atoms with Crippen molar-refractivity contribution in [1.29, 1.82) is 0 Å². The molecule has 1 aliphatic carbocycles. The first kappa shape index (κ1) is 31.4. The third-order valence-corrected chi connectivity index (χ3v) is 8.56. The molecule has 0 bridgehead atoms. The number of hydrogen-bond acceptors (Lipinski definition) is 3. The van der Waals surface area contributed by atoms with E-state index in [9.17, 15) is 22.0 Å². The topological polar surface area (TPSA) is 27.7 Å². The zero-order chi connectivity index (χ0) is 30.6. The molecule has 2 fully saturated rings. The number of ether oxygens (including phenoxy) is 3. The molecule has 3 aromatic carbocycles. The first-order valence-corrected chi connectivity index (χ1v) is 15.0. The van der Waals surface area contributed by atoms with E-state index in [-0.39, 0.29) is 43.7 Å². The van der Waals surface area contributed by atoms with Crippen molar-refractivity contribution in [1.82, 2.24) is 0 Å². The van der Waals surface area contributed by atoms with Gasteiger partial charge in [-0.1, -0.05) is 56.2 Å². The first-order chi connectivity index (χ1) is 20.6. The second kappa shape index (κ2) is 13.7. The van der Waals surface area contributed by atoms with Crippen LogP contribution in [0.4, 0.5) is 26.3 Å². The molecule has 0 atom stereocenters. The van der Waals surface area contributed by atoms with Gasteiger partial charge in [0.05, 0.1) is 19.1 Å². The molecule has 0 spiro atoms. The van der Waals surface area contributed by atoms with Crippen molar-refractivity contribution in [2.24, 2.45) is 11.8 Å². The molecular weight excluding hydrogens is 570 g/mol. The van der Waals surface area contributed by atoms with Gasteiger partial charge >= 0.3 is 6.11 Å². The van der Waals surface area contributed by atoms with Crippen LogP contribution in [-0.2, 0) is 15.9 Å². The Balaban J connectivity index is 1.11. The largest absolute Gasteiger partial charge is 0.432 e. The van der Waals surface area contributed by atoms with Crippen LogP contribution in [0.3, 0.4) is 0 Å². The number of halogens is 6. The number of hydrogen-bond donors (Lipinski definition) is 0. The summed E-state index contributed by atoms with van der Waals surface area (Å²) < 4.78 is 101. The quantitative estimate of drug-likeness (QED) is 0.131. The Morgan fingerprint density at radius 3 is 2.00 bits per heavy atom. The molecule has 0 radical (unpaired) electrons. The van der Waals surface area contributed by atoms with Gasteiger partial charge in [0.1, 0.15) is 11.6 Å². The van der Waals surface area contributed by atoms with E-state index in [4.69, 9.17) is 9.47 Å². The zero-order valence-electron chi connectivity index (χ0n) is 24.1. The third-order valence-electron chi connectivity index (χ3n) is 8.56. The van der Waals surface area contributed by atoms with Gasteiger partial charge in [-0.2, -0.15) is 8.78 Å². The lowest BCUT2D eigenvalue weighted by Gasteiger charge is -2.39. The Bertz CT molecular complexity index is 1340. The van der Waals surface area contributed by atoms with Crippen LogP contribution in [0, 0.1) is 35.1 Å². The number of rotatable bonds is 10. The molecule has 0 aromatic heterocycles. The lowest BCUT2D eigenvalue weighted by Crippen LogP contribution is -2.41. The summed E-state index contributed by atoms with van der Waals surface area (Å²) in [5.41, 5.74) is 3.52. The highest BCUT2D eigenvalue weighted by atomic mass is 19.3. The summed E-state index contributed by atoms with van der Waals surface area (Å²) >= 11 is 0. The summed E-state index contributed by atoms with van der Waals surface area (Å²) in [6.07, 6.45) is 1.17. The molecule has 2 aliphatic rings. The highest BCUT2D eigenvalue weighted by Gasteiger charge is 2.46. The van der Waals surface area contributed by atoms with Gasteiger partial charge < -0.3 is 14.2 Å². The third kappa shape index (κ3) is 7.55. The first-order valence-electron chi connectivity index (χ1n) is 15.0. The molecule has 1 saturated heterocycles. The van der Waals surface area contributed by atoms with Crippen LogP contribution in [0.1, 0.15) is 68.9 Å². The summed E-state index contributed by atoms with van der Waals surface area (Å²) in [6.45, 7) is 2.67. The fourth-order valence-electron chi connectivity index (χ4n) is 6.01. The molecule has 1 heterocycles. The second-order valence-electron chi connectivity index (χ2n) is 11.6. The van der Waals surface area contributed by atoms with E-state index < -0.39 is 41.5 Å². The van der Waals surface area contributed by atoms with E-state index in [2.05, 4.69) is 23.8 Å². The molecule has 43 heavy (non-hydrogen) atoms. The number of unbranched alkanes of at least 4 members (excludes halogenated alkanes) is 2. The molecule has 0 N–H and O–H groups in total. The second-order valence-corrected chi connectivity index (χ2v) is 11.6. The Hall–Kier alpha value is -3.04. The summed E-state index contributed by atoms with van der Waals surface area (Å²) in [7, 11) is 0. The molecule has 3 aromatic rings. The summed E-state index contributed by atoms with van der Waals surface area (Å²) in [4.78, 5) is 0. The van der Waals surface area contributed by atoms with Gasteiger partial charge in [0.15, 0.2) is 23.7 Å². The molecule has 1 saturated carbocycles. The van der Waals surface area contributed by atoms with E-state index in [0.717, 1.165) is 24.0 Å². The van der Waals surface area contributed by atoms with E-state index in [1.807, 2.05) is 18.2 Å². The van der Waals surface area contributed by atoms with Crippen LogP contribution in [0.2, 0.25) is 0 Å². The van der Waals surface area contributed by atoms with E-state index >= 15 is 4.39 Å². The van der Waals surface area contributed by atoms with Gasteiger partial charge in [0, 0.05) is 24.0 Å². The monoisotopic (exact) mass is 606 g/mol. The summed E-state index contributed by atoms with van der Waals surface area (Å²) in [5, 5.41) is 0. The Labute approximate surface area is 248 Å². The SMILES string of the molecule is CCCCCc1ccc(-c2ccc(C3COC(C4CCC(C(F)(F)Oc5cc(F)c(F)c(F)c5)CC4)OC3)c(F)c2)cc1. The predicted molar refractivity (Wildman–Crippen MR) is 151 cm³/mol. The van der Waals surface area contributed by atoms with E-state index in [1.165, 1.54) is 24.5 Å². The van der Waals surface area contributed by atoms with Crippen molar-refractivity contribution in [2.45, 2.75) is 76.6 Å². The van der Waals surface area contributed by atoms with Crippen molar-refractivity contribution < 1.29 is 40.6 Å². The highest BCUT2D eigenvalue weighted by molar-refractivity contribution is 5.64. The Kier molecular flexibility index (Phi) is 10.0. The number of aryl methyl sites for hydroxylation is 1. The summed E-state index contributed by atoms with van der Waals surface area (Å²) in [6, 6.07) is 14.2. The normalized spacial score (nSPS) is 22.9. The molecule has 9 heteroatoms. The van der Waals surface area contributed by atoms with Crippen molar-refractivity contribution in [3.63, 3.8) is 0 Å². The highest BCUT2D eigenvalue weighted by Crippen LogP contribution is 2.43. The van der Waals surface area contributed by atoms with Gasteiger partial charge in [-0.3, -0.25) is 0 Å². The minimum absolute atomic E-state index is 0.0757. The van der Waals surface area contributed by atoms with Crippen LogP contribution in [0.25, 0.3) is 11.1 Å². The zero-order valence-corrected chi connectivity index (χ0v) is 24.1. The predicted octanol–water partition coefficient (Wildman–Crippen LogP) is 9.58. The van der Waals surface area contributed by atoms with Gasteiger partial charge in [-0.15, -0.1) is 0 Å². The smallest absolute Gasteiger partial charge is 0.400 e. The van der Waals surface area contributed by atoms with Gasteiger partial charge in [-0.25, -0.2) is 17.6 Å². The number of alkyl halides is 2. The van der Waals surface area contributed by atoms with Crippen molar-refractivity contribution in [2.75, 3.05) is 13.2 Å². The minimum atomic E-state index is -3.69. The van der Waals surface area contributed by atoms with Crippen LogP contribution >= 0.6 is 0 Å². The molecule has 5 rings (SSSR count). The minimum Gasteiger partial charge on any atom is -0.432 e. The fraction of sp³-hybridized carbons (Fsp3) is 0.471. The fourth-order valence-corrected chi connectivity index (χ4v) is 6.01. The maximum atomic E-state index is 15.2. The Morgan fingerprint density at radius 2 is 1.40 bits per heavy atom. The number of benzene rings is 3. The van der Waals surface area contributed by atoms with Crippen LogP contribution in [0.15, 0.2) is 54.6 Å². The Morgan fingerprint density at radius 1 is 0.767 bits per heavy atom. The van der Waals surface area contributed by atoms with Gasteiger partial charge in [-0.05, 0) is 66.8 Å². The van der Waals surface area contributed by atoms with E-state index in [1.54, 1.807) is 6.07 Å². The maximum Gasteiger partial charge on any atom is 0.400 e. The average Bonchev–Trinajstić information content (AvgIpc) is 3.00.